The Hall–Kier alpha value is -1.67. The van der Waals surface area contributed by atoms with Gasteiger partial charge in [-0.05, 0) is 18.6 Å². The van der Waals surface area contributed by atoms with Crippen LogP contribution < -0.4 is 9.80 Å². The third-order valence-electron chi connectivity index (χ3n) is 3.32. The summed E-state index contributed by atoms with van der Waals surface area (Å²) in [4.78, 5) is 15.9. The number of carbonyl (C=O) groups is 1. The summed E-state index contributed by atoms with van der Waals surface area (Å²) in [5.74, 6) is -0.441. The van der Waals surface area contributed by atoms with Gasteiger partial charge in [-0.3, -0.25) is 4.79 Å². The lowest BCUT2D eigenvalue weighted by molar-refractivity contribution is -0.116. The van der Waals surface area contributed by atoms with E-state index in [2.05, 4.69) is 10.2 Å². The first kappa shape index (κ1) is 15.2. The van der Waals surface area contributed by atoms with Gasteiger partial charge in [0, 0.05) is 20.6 Å². The van der Waals surface area contributed by atoms with Crippen LogP contribution >= 0.6 is 23.1 Å². The molecule has 22 heavy (non-hydrogen) atoms. The lowest BCUT2D eigenvalue weighted by atomic mass is 10.3. The number of carbonyl (C=O) groups excluding carboxylic acids is 1. The molecule has 1 aliphatic rings. The number of aromatic nitrogens is 2. The quantitative estimate of drug-likeness (QED) is 0.858. The van der Waals surface area contributed by atoms with Crippen LogP contribution in [-0.2, 0) is 4.79 Å². The Morgan fingerprint density at radius 1 is 1.36 bits per heavy atom. The fourth-order valence-electron chi connectivity index (χ4n) is 2.23. The van der Waals surface area contributed by atoms with E-state index in [0.29, 0.717) is 18.7 Å². The van der Waals surface area contributed by atoms with Crippen LogP contribution in [0.15, 0.2) is 28.6 Å². The molecule has 116 valence electrons. The second-order valence-electron chi connectivity index (χ2n) is 5.08. The minimum absolute atomic E-state index is 0.0725. The van der Waals surface area contributed by atoms with Crippen molar-refractivity contribution < 1.29 is 9.18 Å². The van der Waals surface area contributed by atoms with Crippen molar-refractivity contribution in [2.24, 2.45) is 0 Å². The molecule has 1 aromatic heterocycles. The van der Waals surface area contributed by atoms with E-state index in [1.165, 1.54) is 34.1 Å². The molecule has 1 atom stereocenters. The van der Waals surface area contributed by atoms with Crippen molar-refractivity contribution in [3.05, 3.63) is 30.1 Å². The Kier molecular flexibility index (Phi) is 4.30. The molecule has 1 saturated heterocycles. The summed E-state index contributed by atoms with van der Waals surface area (Å²) in [5, 5.41) is 8.73. The summed E-state index contributed by atoms with van der Waals surface area (Å²) in [6.07, 6.45) is 0.675. The number of nitrogens with zero attached hydrogens (tertiary/aromatic N) is 4. The van der Waals surface area contributed by atoms with Crippen molar-refractivity contribution in [2.45, 2.75) is 16.0 Å². The number of para-hydroxylation sites is 1. The SMILES string of the molecule is CN(C)c1nnc(S[C@H]2CCN(c3ccccc3F)C2=O)s1. The van der Waals surface area contributed by atoms with Gasteiger partial charge < -0.3 is 9.80 Å². The predicted molar refractivity (Wildman–Crippen MR) is 87.3 cm³/mol. The Balaban J connectivity index is 1.72. The van der Waals surface area contributed by atoms with Gasteiger partial charge in [-0.1, -0.05) is 35.2 Å². The molecule has 8 heteroatoms. The number of hydrogen-bond acceptors (Lipinski definition) is 6. The zero-order valence-electron chi connectivity index (χ0n) is 12.2. The monoisotopic (exact) mass is 338 g/mol. The van der Waals surface area contributed by atoms with Gasteiger partial charge in [-0.15, -0.1) is 10.2 Å². The summed E-state index contributed by atoms with van der Waals surface area (Å²) in [6, 6.07) is 6.36. The molecular weight excluding hydrogens is 323 g/mol. The standard InChI is InChI=1S/C14H15FN4OS2/c1-18(2)13-16-17-14(22-13)21-11-7-8-19(12(11)20)10-6-4-3-5-9(10)15/h3-6,11H,7-8H2,1-2H3/t11-/m0/s1. The normalized spacial score (nSPS) is 18.0. The molecule has 1 aromatic carbocycles. The molecular formula is C14H15FN4OS2. The van der Waals surface area contributed by atoms with Crippen LogP contribution in [0, 0.1) is 5.82 Å². The number of benzene rings is 1. The van der Waals surface area contributed by atoms with Gasteiger partial charge in [0.15, 0.2) is 4.34 Å². The Morgan fingerprint density at radius 2 is 2.14 bits per heavy atom. The summed E-state index contributed by atoms with van der Waals surface area (Å²) in [5.41, 5.74) is 0.349. The number of hydrogen-bond donors (Lipinski definition) is 0. The summed E-state index contributed by atoms with van der Waals surface area (Å²) in [6.45, 7) is 0.525. The Labute approximate surface area is 136 Å². The largest absolute Gasteiger partial charge is 0.353 e. The molecule has 0 unspecified atom stereocenters. The van der Waals surface area contributed by atoms with E-state index in [-0.39, 0.29) is 17.0 Å². The number of thioether (sulfide) groups is 1. The topological polar surface area (TPSA) is 49.3 Å². The molecule has 2 heterocycles. The second-order valence-corrected chi connectivity index (χ2v) is 7.49. The number of amides is 1. The van der Waals surface area contributed by atoms with Crippen LogP contribution in [-0.4, -0.2) is 42.0 Å². The maximum absolute atomic E-state index is 13.8. The molecule has 5 nitrogen and oxygen atoms in total. The highest BCUT2D eigenvalue weighted by molar-refractivity contribution is 8.02. The Morgan fingerprint density at radius 3 is 2.82 bits per heavy atom. The molecule has 0 radical (unpaired) electrons. The first-order valence-electron chi connectivity index (χ1n) is 6.79. The third-order valence-corrected chi connectivity index (χ3v) is 5.75. The van der Waals surface area contributed by atoms with Crippen molar-refractivity contribution in [3.63, 3.8) is 0 Å². The van der Waals surface area contributed by atoms with Gasteiger partial charge in [0.1, 0.15) is 5.82 Å². The highest BCUT2D eigenvalue weighted by Gasteiger charge is 2.35. The molecule has 1 fully saturated rings. The summed E-state index contributed by atoms with van der Waals surface area (Å²) < 4.78 is 14.6. The molecule has 1 aliphatic heterocycles. The van der Waals surface area contributed by atoms with Crippen molar-refractivity contribution in [1.82, 2.24) is 10.2 Å². The van der Waals surface area contributed by atoms with E-state index in [9.17, 15) is 9.18 Å². The van der Waals surface area contributed by atoms with Crippen LogP contribution in [0.2, 0.25) is 0 Å². The highest BCUT2D eigenvalue weighted by Crippen LogP contribution is 2.36. The van der Waals surface area contributed by atoms with Crippen molar-refractivity contribution in [2.75, 3.05) is 30.4 Å². The summed E-state index contributed by atoms with van der Waals surface area (Å²) in [7, 11) is 3.80. The van der Waals surface area contributed by atoms with Crippen LogP contribution in [0.4, 0.5) is 15.2 Å². The van der Waals surface area contributed by atoms with E-state index >= 15 is 0 Å². The molecule has 1 amide bonds. The van der Waals surface area contributed by atoms with E-state index in [0.717, 1.165) is 9.47 Å². The fourth-order valence-corrected chi connectivity index (χ4v) is 4.27. The van der Waals surface area contributed by atoms with Gasteiger partial charge in [0.2, 0.25) is 11.0 Å². The smallest absolute Gasteiger partial charge is 0.240 e. The van der Waals surface area contributed by atoms with Crippen LogP contribution in [0.25, 0.3) is 0 Å². The molecule has 3 rings (SSSR count). The highest BCUT2D eigenvalue weighted by atomic mass is 32.2. The van der Waals surface area contributed by atoms with E-state index in [1.54, 1.807) is 18.2 Å². The van der Waals surface area contributed by atoms with Crippen LogP contribution in [0.3, 0.4) is 0 Å². The molecule has 0 bridgehead atoms. The van der Waals surface area contributed by atoms with E-state index in [4.69, 9.17) is 0 Å². The van der Waals surface area contributed by atoms with Crippen LogP contribution in [0.1, 0.15) is 6.42 Å². The minimum atomic E-state index is -0.368. The maximum Gasteiger partial charge on any atom is 0.240 e. The lowest BCUT2D eigenvalue weighted by Gasteiger charge is -2.16. The van der Waals surface area contributed by atoms with E-state index < -0.39 is 0 Å². The molecule has 0 saturated carbocycles. The summed E-state index contributed by atoms with van der Waals surface area (Å²) >= 11 is 2.86. The van der Waals surface area contributed by atoms with Crippen molar-refractivity contribution in [3.8, 4) is 0 Å². The fraction of sp³-hybridized carbons (Fsp3) is 0.357. The average Bonchev–Trinajstić information content (AvgIpc) is 3.09. The number of anilines is 2. The van der Waals surface area contributed by atoms with Gasteiger partial charge >= 0.3 is 0 Å². The molecule has 0 spiro atoms. The maximum atomic E-state index is 13.8. The zero-order valence-corrected chi connectivity index (χ0v) is 13.8. The zero-order chi connectivity index (χ0) is 15.7. The first-order valence-corrected chi connectivity index (χ1v) is 8.49. The van der Waals surface area contributed by atoms with Gasteiger partial charge in [0.25, 0.3) is 0 Å². The van der Waals surface area contributed by atoms with Crippen molar-refractivity contribution in [1.29, 1.82) is 0 Å². The van der Waals surface area contributed by atoms with Crippen LogP contribution in [0.5, 0.6) is 0 Å². The Bertz CT molecular complexity index is 691. The van der Waals surface area contributed by atoms with Crippen molar-refractivity contribution >= 4 is 39.8 Å². The number of halogens is 1. The lowest BCUT2D eigenvalue weighted by Crippen LogP contribution is -2.28. The number of rotatable bonds is 4. The third kappa shape index (κ3) is 2.93. The predicted octanol–water partition coefficient (Wildman–Crippen LogP) is 2.64. The van der Waals surface area contributed by atoms with Gasteiger partial charge in [-0.25, -0.2) is 4.39 Å². The first-order chi connectivity index (χ1) is 10.6. The second kappa shape index (κ2) is 6.21. The average molecular weight is 338 g/mol. The minimum Gasteiger partial charge on any atom is -0.353 e. The molecule has 0 N–H and O–H groups in total. The van der Waals surface area contributed by atoms with Gasteiger partial charge in [-0.2, -0.15) is 0 Å². The van der Waals surface area contributed by atoms with Gasteiger partial charge in [0.05, 0.1) is 10.9 Å². The molecule has 0 aliphatic carbocycles. The van der Waals surface area contributed by atoms with E-state index in [1.807, 2.05) is 19.0 Å². The molecule has 2 aromatic rings.